The SMILES string of the molecule is CS(=O)(=O)Nc1cccc(C(=O)NC(CC2CCCCC2)C(=O)NCCNc2ccc(F)cc2)c1. The molecule has 0 bridgehead atoms. The van der Waals surface area contributed by atoms with Gasteiger partial charge in [0.05, 0.1) is 6.26 Å². The number of halogens is 1. The number of carbonyl (C=O) groups excluding carboxylic acids is 2. The van der Waals surface area contributed by atoms with Crippen LogP contribution in [0.3, 0.4) is 0 Å². The maximum atomic E-state index is 13.0. The molecule has 1 unspecified atom stereocenters. The summed E-state index contributed by atoms with van der Waals surface area (Å²) < 4.78 is 38.4. The number of amides is 2. The van der Waals surface area contributed by atoms with Crippen molar-refractivity contribution < 1.29 is 22.4 Å². The van der Waals surface area contributed by atoms with E-state index >= 15 is 0 Å². The van der Waals surface area contributed by atoms with E-state index in [0.29, 0.717) is 25.4 Å². The molecule has 2 aromatic carbocycles. The number of nitrogens with one attached hydrogen (secondary N) is 4. The zero-order valence-corrected chi connectivity index (χ0v) is 20.7. The number of hydrogen-bond acceptors (Lipinski definition) is 5. The molecule has 2 aromatic rings. The van der Waals surface area contributed by atoms with Gasteiger partial charge in [0, 0.05) is 30.0 Å². The molecule has 8 nitrogen and oxygen atoms in total. The zero-order valence-electron chi connectivity index (χ0n) is 19.8. The van der Waals surface area contributed by atoms with Crippen LogP contribution >= 0.6 is 0 Å². The molecule has 0 aromatic heterocycles. The predicted octanol–water partition coefficient (Wildman–Crippen LogP) is 3.49. The van der Waals surface area contributed by atoms with Crippen LogP contribution in [0, 0.1) is 11.7 Å². The van der Waals surface area contributed by atoms with Crippen LogP contribution in [0.1, 0.15) is 48.9 Å². The average Bonchev–Trinajstić information content (AvgIpc) is 2.82. The lowest BCUT2D eigenvalue weighted by Crippen LogP contribution is -2.48. The molecule has 1 fully saturated rings. The molecule has 0 heterocycles. The standard InChI is InChI=1S/C25H33FN4O4S/c1-35(33,34)30-22-9-5-8-19(17-22)24(31)29-23(16-18-6-3-2-4-7-18)25(32)28-15-14-27-21-12-10-20(26)11-13-21/h5,8-13,17-18,23,27,30H,2-4,6-7,14-16H2,1H3,(H,28,32)(H,29,31). The number of hydrogen-bond donors (Lipinski definition) is 4. The summed E-state index contributed by atoms with van der Waals surface area (Å²) in [6.45, 7) is 0.779. The third kappa shape index (κ3) is 9.20. The van der Waals surface area contributed by atoms with Crippen molar-refractivity contribution in [3.05, 3.63) is 59.9 Å². The fraction of sp³-hybridized carbons (Fsp3) is 0.440. The number of rotatable bonds is 11. The Morgan fingerprint density at radius 2 is 1.71 bits per heavy atom. The van der Waals surface area contributed by atoms with E-state index < -0.39 is 22.0 Å². The van der Waals surface area contributed by atoms with Gasteiger partial charge in [0.15, 0.2) is 0 Å². The molecule has 35 heavy (non-hydrogen) atoms. The molecular formula is C25H33FN4O4S. The van der Waals surface area contributed by atoms with Crippen molar-refractivity contribution in [2.75, 3.05) is 29.4 Å². The van der Waals surface area contributed by atoms with Crippen LogP contribution in [0.2, 0.25) is 0 Å². The number of benzene rings is 2. The molecule has 1 atom stereocenters. The van der Waals surface area contributed by atoms with Crippen LogP contribution in [0.25, 0.3) is 0 Å². The Bertz CT molecular complexity index is 1100. The molecular weight excluding hydrogens is 471 g/mol. The summed E-state index contributed by atoms with van der Waals surface area (Å²) in [7, 11) is -3.48. The number of carbonyl (C=O) groups is 2. The van der Waals surface area contributed by atoms with Crippen molar-refractivity contribution >= 4 is 33.2 Å². The topological polar surface area (TPSA) is 116 Å². The Labute approximate surface area is 206 Å². The second-order valence-corrected chi connectivity index (χ2v) is 10.7. The first-order valence-corrected chi connectivity index (χ1v) is 13.7. The number of sulfonamides is 1. The first-order chi connectivity index (χ1) is 16.7. The fourth-order valence-corrected chi connectivity index (χ4v) is 4.81. The smallest absolute Gasteiger partial charge is 0.252 e. The lowest BCUT2D eigenvalue weighted by molar-refractivity contribution is -0.123. The van der Waals surface area contributed by atoms with Gasteiger partial charge in [-0.2, -0.15) is 0 Å². The van der Waals surface area contributed by atoms with Crippen molar-refractivity contribution in [2.45, 2.75) is 44.6 Å². The first-order valence-electron chi connectivity index (χ1n) is 11.9. The molecule has 0 aliphatic heterocycles. The van der Waals surface area contributed by atoms with Crippen molar-refractivity contribution in [3.8, 4) is 0 Å². The highest BCUT2D eigenvalue weighted by Crippen LogP contribution is 2.27. The summed E-state index contributed by atoms with van der Waals surface area (Å²) in [4.78, 5) is 25.9. The Balaban J connectivity index is 1.61. The van der Waals surface area contributed by atoms with Crippen LogP contribution in [0.15, 0.2) is 48.5 Å². The van der Waals surface area contributed by atoms with E-state index in [1.54, 1.807) is 30.3 Å². The van der Waals surface area contributed by atoms with E-state index in [9.17, 15) is 22.4 Å². The normalized spacial score (nSPS) is 15.1. The summed E-state index contributed by atoms with van der Waals surface area (Å²) in [6.07, 6.45) is 7.06. The first kappa shape index (κ1) is 26.5. The summed E-state index contributed by atoms with van der Waals surface area (Å²) >= 11 is 0. The molecule has 0 radical (unpaired) electrons. The maximum Gasteiger partial charge on any atom is 0.252 e. The average molecular weight is 505 g/mol. The van der Waals surface area contributed by atoms with Crippen LogP contribution in [0.5, 0.6) is 0 Å². The fourth-order valence-electron chi connectivity index (χ4n) is 4.25. The van der Waals surface area contributed by atoms with Gasteiger partial charge < -0.3 is 16.0 Å². The van der Waals surface area contributed by atoms with Gasteiger partial charge in [-0.25, -0.2) is 12.8 Å². The summed E-state index contributed by atoms with van der Waals surface area (Å²) in [5, 5.41) is 8.83. The molecule has 190 valence electrons. The quantitative estimate of drug-likeness (QED) is 0.350. The molecule has 1 saturated carbocycles. The van der Waals surface area contributed by atoms with Gasteiger partial charge in [-0.05, 0) is 54.8 Å². The van der Waals surface area contributed by atoms with E-state index in [1.807, 2.05) is 0 Å². The third-order valence-corrected chi connectivity index (χ3v) is 6.55. The van der Waals surface area contributed by atoms with Gasteiger partial charge in [-0.15, -0.1) is 0 Å². The van der Waals surface area contributed by atoms with Gasteiger partial charge in [0.25, 0.3) is 5.91 Å². The van der Waals surface area contributed by atoms with E-state index in [4.69, 9.17) is 0 Å². The Morgan fingerprint density at radius 1 is 1.00 bits per heavy atom. The minimum Gasteiger partial charge on any atom is -0.383 e. The highest BCUT2D eigenvalue weighted by molar-refractivity contribution is 7.92. The van der Waals surface area contributed by atoms with E-state index in [0.717, 1.165) is 37.6 Å². The van der Waals surface area contributed by atoms with Crippen LogP contribution < -0.4 is 20.7 Å². The monoisotopic (exact) mass is 504 g/mol. The molecule has 10 heteroatoms. The van der Waals surface area contributed by atoms with Crippen LogP contribution in [0.4, 0.5) is 15.8 Å². The van der Waals surface area contributed by atoms with Gasteiger partial charge in [-0.3, -0.25) is 14.3 Å². The Morgan fingerprint density at radius 3 is 2.40 bits per heavy atom. The lowest BCUT2D eigenvalue weighted by atomic mass is 9.84. The summed E-state index contributed by atoms with van der Waals surface area (Å²) in [5.41, 5.74) is 1.29. The molecule has 4 N–H and O–H groups in total. The lowest BCUT2D eigenvalue weighted by Gasteiger charge is -2.26. The van der Waals surface area contributed by atoms with Gasteiger partial charge >= 0.3 is 0 Å². The Hall–Kier alpha value is -3.14. The van der Waals surface area contributed by atoms with E-state index in [-0.39, 0.29) is 23.0 Å². The zero-order chi connectivity index (χ0) is 25.3. The van der Waals surface area contributed by atoms with E-state index in [2.05, 4.69) is 20.7 Å². The van der Waals surface area contributed by atoms with Crippen molar-refractivity contribution in [1.29, 1.82) is 0 Å². The Kier molecular flexibility index (Phi) is 9.47. The highest BCUT2D eigenvalue weighted by atomic mass is 32.2. The van der Waals surface area contributed by atoms with Crippen molar-refractivity contribution in [1.82, 2.24) is 10.6 Å². The summed E-state index contributed by atoms with van der Waals surface area (Å²) in [6, 6.07) is 11.4. The molecule has 2 amide bonds. The van der Waals surface area contributed by atoms with E-state index in [1.165, 1.54) is 24.6 Å². The maximum absolute atomic E-state index is 13.0. The second kappa shape index (κ2) is 12.5. The largest absolute Gasteiger partial charge is 0.383 e. The van der Waals surface area contributed by atoms with Crippen LogP contribution in [-0.2, 0) is 14.8 Å². The van der Waals surface area contributed by atoms with Gasteiger partial charge in [0.2, 0.25) is 15.9 Å². The predicted molar refractivity (Wildman–Crippen MR) is 135 cm³/mol. The summed E-state index contributed by atoms with van der Waals surface area (Å²) in [5.74, 6) is -0.670. The molecule has 3 rings (SSSR count). The van der Waals surface area contributed by atoms with Crippen molar-refractivity contribution in [2.24, 2.45) is 5.92 Å². The molecule has 1 aliphatic carbocycles. The highest BCUT2D eigenvalue weighted by Gasteiger charge is 2.26. The molecule has 1 aliphatic rings. The molecule has 0 saturated heterocycles. The van der Waals surface area contributed by atoms with Crippen molar-refractivity contribution in [3.63, 3.8) is 0 Å². The van der Waals surface area contributed by atoms with Gasteiger partial charge in [-0.1, -0.05) is 38.2 Å². The number of anilines is 2. The molecule has 0 spiro atoms. The minimum atomic E-state index is -3.48. The van der Waals surface area contributed by atoms with Crippen LogP contribution in [-0.4, -0.2) is 45.6 Å². The second-order valence-electron chi connectivity index (χ2n) is 8.95. The minimum absolute atomic E-state index is 0.262. The third-order valence-electron chi connectivity index (χ3n) is 5.94. The van der Waals surface area contributed by atoms with Gasteiger partial charge in [0.1, 0.15) is 11.9 Å².